The summed E-state index contributed by atoms with van der Waals surface area (Å²) in [7, 11) is -2.41. The topological polar surface area (TPSA) is 79.0 Å². The average molecular weight is 508 g/mol. The lowest BCUT2D eigenvalue weighted by Crippen LogP contribution is -2.40. The summed E-state index contributed by atoms with van der Waals surface area (Å²) in [4.78, 5) is 15.6. The van der Waals surface area contributed by atoms with Gasteiger partial charge in [-0.1, -0.05) is 48.9 Å². The van der Waals surface area contributed by atoms with Gasteiger partial charge in [-0.15, -0.1) is 0 Å². The lowest BCUT2D eigenvalue weighted by atomic mass is 10.0. The van der Waals surface area contributed by atoms with Crippen LogP contribution in [0.3, 0.4) is 0 Å². The molecule has 1 amide bonds. The number of carbonyl (C=O) groups is 1. The van der Waals surface area contributed by atoms with E-state index in [4.69, 9.17) is 4.74 Å². The molecule has 1 N–H and O–H groups in total. The molecule has 8 heteroatoms. The summed E-state index contributed by atoms with van der Waals surface area (Å²) in [6.07, 6.45) is 3.72. The molecule has 3 aromatic rings. The number of hydrogen-bond acceptors (Lipinski definition) is 5. The number of nitrogens with zero attached hydrogens (tertiary/aromatic N) is 2. The second-order valence-corrected chi connectivity index (χ2v) is 10.8. The first-order valence-corrected chi connectivity index (χ1v) is 13.7. The summed E-state index contributed by atoms with van der Waals surface area (Å²) < 4.78 is 33.3. The van der Waals surface area contributed by atoms with Crippen molar-refractivity contribution in [3.63, 3.8) is 0 Å². The van der Waals surface area contributed by atoms with Crippen LogP contribution in [0, 0.1) is 0 Å². The molecule has 1 fully saturated rings. The second kappa shape index (κ2) is 12.1. The summed E-state index contributed by atoms with van der Waals surface area (Å²) in [6, 6.07) is 22.9. The fourth-order valence-electron chi connectivity index (χ4n) is 4.41. The minimum absolute atomic E-state index is 0.125. The molecule has 0 aromatic heterocycles. The van der Waals surface area contributed by atoms with Crippen molar-refractivity contribution in [2.45, 2.75) is 37.2 Å². The molecule has 1 aliphatic heterocycles. The van der Waals surface area contributed by atoms with Crippen molar-refractivity contribution < 1.29 is 17.9 Å². The standard InChI is InChI=1S/C28H33N3O4S/c1-35-26-16-14-25(15-17-26)31(36(33,34)27-12-4-2-5-13-27)22-28(32)29-20-23-10-6-7-11-24(23)21-30-18-8-3-9-19-30/h2,4-7,10-17H,3,8-9,18-22H2,1H3,(H,29,32). The van der Waals surface area contributed by atoms with Gasteiger partial charge in [0.2, 0.25) is 5.91 Å². The number of ether oxygens (including phenoxy) is 1. The van der Waals surface area contributed by atoms with Gasteiger partial charge in [0.05, 0.1) is 17.7 Å². The van der Waals surface area contributed by atoms with E-state index in [1.54, 1.807) is 49.6 Å². The van der Waals surface area contributed by atoms with Crippen molar-refractivity contribution >= 4 is 21.6 Å². The summed E-state index contributed by atoms with van der Waals surface area (Å²) >= 11 is 0. The van der Waals surface area contributed by atoms with E-state index in [0.29, 0.717) is 18.0 Å². The highest BCUT2D eigenvalue weighted by Gasteiger charge is 2.27. The maximum absolute atomic E-state index is 13.5. The summed E-state index contributed by atoms with van der Waals surface area (Å²) in [5, 5.41) is 2.93. The van der Waals surface area contributed by atoms with Crippen molar-refractivity contribution in [3.8, 4) is 5.75 Å². The Morgan fingerprint density at radius 1 is 0.889 bits per heavy atom. The van der Waals surface area contributed by atoms with Gasteiger partial charge >= 0.3 is 0 Å². The van der Waals surface area contributed by atoms with Crippen LogP contribution in [0.4, 0.5) is 5.69 Å². The minimum atomic E-state index is -3.95. The number of piperidine rings is 1. The number of sulfonamides is 1. The van der Waals surface area contributed by atoms with Crippen molar-refractivity contribution in [2.75, 3.05) is 31.0 Å². The van der Waals surface area contributed by atoms with Gasteiger partial charge in [-0.2, -0.15) is 0 Å². The molecular weight excluding hydrogens is 474 g/mol. The highest BCUT2D eigenvalue weighted by atomic mass is 32.2. The molecule has 0 radical (unpaired) electrons. The zero-order valence-corrected chi connectivity index (χ0v) is 21.4. The van der Waals surface area contributed by atoms with E-state index < -0.39 is 10.0 Å². The van der Waals surface area contributed by atoms with E-state index in [-0.39, 0.29) is 17.3 Å². The van der Waals surface area contributed by atoms with E-state index in [1.165, 1.54) is 37.0 Å². The minimum Gasteiger partial charge on any atom is -0.497 e. The fraction of sp³-hybridized carbons (Fsp3) is 0.321. The van der Waals surface area contributed by atoms with Crippen LogP contribution >= 0.6 is 0 Å². The number of nitrogens with one attached hydrogen (secondary N) is 1. The number of hydrogen-bond donors (Lipinski definition) is 1. The van der Waals surface area contributed by atoms with Gasteiger partial charge in [-0.25, -0.2) is 8.42 Å². The Hall–Kier alpha value is -3.36. The van der Waals surface area contributed by atoms with E-state index in [2.05, 4.69) is 16.3 Å². The normalized spacial score (nSPS) is 14.2. The maximum atomic E-state index is 13.5. The van der Waals surface area contributed by atoms with Gasteiger partial charge < -0.3 is 10.1 Å². The molecule has 7 nitrogen and oxygen atoms in total. The van der Waals surface area contributed by atoms with Gasteiger partial charge in [-0.3, -0.25) is 14.0 Å². The van der Waals surface area contributed by atoms with Crippen LogP contribution in [0.5, 0.6) is 5.75 Å². The third kappa shape index (κ3) is 6.44. The fourth-order valence-corrected chi connectivity index (χ4v) is 5.85. The SMILES string of the molecule is COc1ccc(N(CC(=O)NCc2ccccc2CN2CCCCC2)S(=O)(=O)c2ccccc2)cc1. The predicted octanol–water partition coefficient (Wildman–Crippen LogP) is 4.19. The Morgan fingerprint density at radius 3 is 2.19 bits per heavy atom. The number of likely N-dealkylation sites (tertiary alicyclic amines) is 1. The summed E-state index contributed by atoms with van der Waals surface area (Å²) in [5.74, 6) is 0.226. The second-order valence-electron chi connectivity index (χ2n) is 8.91. The Labute approximate surface area is 213 Å². The van der Waals surface area contributed by atoms with Crippen LogP contribution < -0.4 is 14.4 Å². The highest BCUT2D eigenvalue weighted by molar-refractivity contribution is 7.92. The van der Waals surface area contributed by atoms with Crippen molar-refractivity contribution in [1.29, 1.82) is 0 Å². The molecule has 0 spiro atoms. The molecule has 1 saturated heterocycles. The molecular formula is C28H33N3O4S. The van der Waals surface area contributed by atoms with E-state index >= 15 is 0 Å². The van der Waals surface area contributed by atoms with Crippen LogP contribution in [0.15, 0.2) is 83.8 Å². The number of anilines is 1. The van der Waals surface area contributed by atoms with Crippen LogP contribution in [0.25, 0.3) is 0 Å². The van der Waals surface area contributed by atoms with E-state index in [0.717, 1.165) is 29.5 Å². The van der Waals surface area contributed by atoms with Crippen LogP contribution in [-0.4, -0.2) is 46.0 Å². The maximum Gasteiger partial charge on any atom is 0.264 e. The van der Waals surface area contributed by atoms with Gasteiger partial charge in [0, 0.05) is 13.1 Å². The predicted molar refractivity (Wildman–Crippen MR) is 141 cm³/mol. The van der Waals surface area contributed by atoms with Crippen molar-refractivity contribution in [1.82, 2.24) is 10.2 Å². The van der Waals surface area contributed by atoms with E-state index in [1.807, 2.05) is 18.2 Å². The largest absolute Gasteiger partial charge is 0.497 e. The van der Waals surface area contributed by atoms with E-state index in [9.17, 15) is 13.2 Å². The molecule has 1 heterocycles. The molecule has 36 heavy (non-hydrogen) atoms. The Kier molecular flexibility index (Phi) is 8.61. The molecule has 1 aliphatic rings. The Balaban J connectivity index is 1.50. The van der Waals surface area contributed by atoms with Crippen LogP contribution in [0.1, 0.15) is 30.4 Å². The van der Waals surface area contributed by atoms with Crippen molar-refractivity contribution in [2.24, 2.45) is 0 Å². The first-order valence-electron chi connectivity index (χ1n) is 12.2. The third-order valence-corrected chi connectivity index (χ3v) is 8.20. The highest BCUT2D eigenvalue weighted by Crippen LogP contribution is 2.25. The molecule has 0 atom stereocenters. The average Bonchev–Trinajstić information content (AvgIpc) is 2.92. The molecule has 190 valence electrons. The number of methoxy groups -OCH3 is 1. The smallest absolute Gasteiger partial charge is 0.264 e. The van der Waals surface area contributed by atoms with Gasteiger partial charge in [0.1, 0.15) is 12.3 Å². The first kappa shape index (κ1) is 25.7. The Morgan fingerprint density at radius 2 is 1.53 bits per heavy atom. The molecule has 3 aromatic carbocycles. The van der Waals surface area contributed by atoms with Crippen molar-refractivity contribution in [3.05, 3.63) is 90.0 Å². The molecule has 0 saturated carbocycles. The molecule has 4 rings (SSSR count). The summed E-state index contributed by atoms with van der Waals surface area (Å²) in [6.45, 7) is 3.04. The first-order chi connectivity index (χ1) is 17.5. The number of amides is 1. The van der Waals surface area contributed by atoms with Gasteiger partial charge in [0.15, 0.2) is 0 Å². The molecule has 0 bridgehead atoms. The quantitative estimate of drug-likeness (QED) is 0.445. The number of carbonyl (C=O) groups excluding carboxylic acids is 1. The monoisotopic (exact) mass is 507 g/mol. The lowest BCUT2D eigenvalue weighted by Gasteiger charge is -2.27. The van der Waals surface area contributed by atoms with Crippen LogP contribution in [0.2, 0.25) is 0 Å². The third-order valence-electron chi connectivity index (χ3n) is 6.42. The molecule has 0 aliphatic carbocycles. The Bertz CT molecular complexity index is 1240. The van der Waals surface area contributed by atoms with Gasteiger partial charge in [-0.05, 0) is 73.5 Å². The lowest BCUT2D eigenvalue weighted by molar-refractivity contribution is -0.119. The van der Waals surface area contributed by atoms with Gasteiger partial charge in [0.25, 0.3) is 10.0 Å². The molecule has 0 unspecified atom stereocenters. The number of rotatable bonds is 10. The zero-order valence-electron chi connectivity index (χ0n) is 20.6. The zero-order chi connectivity index (χ0) is 25.4. The van der Waals surface area contributed by atoms with Crippen LogP contribution in [-0.2, 0) is 27.9 Å². The number of benzene rings is 3. The summed E-state index contributed by atoms with van der Waals surface area (Å²) in [5.41, 5.74) is 2.61.